The topological polar surface area (TPSA) is 75.5 Å². The Morgan fingerprint density at radius 2 is 2.00 bits per heavy atom. The summed E-state index contributed by atoms with van der Waals surface area (Å²) in [5.41, 5.74) is 2.06. The van der Waals surface area contributed by atoms with E-state index in [9.17, 15) is 19.3 Å². The van der Waals surface area contributed by atoms with Gasteiger partial charge in [0.25, 0.3) is 5.91 Å². The number of nitrogens with zero attached hydrogens (tertiary/aromatic N) is 2. The summed E-state index contributed by atoms with van der Waals surface area (Å²) in [5.74, 6) is -1.40. The predicted octanol–water partition coefficient (Wildman–Crippen LogP) is 1.86. The first-order chi connectivity index (χ1) is 9.08. The lowest BCUT2D eigenvalue weighted by Gasteiger charge is -2.26. The molecule has 6 nitrogen and oxygen atoms in total. The lowest BCUT2D eigenvalue weighted by molar-refractivity contribution is -0.387. The zero-order valence-electron chi connectivity index (χ0n) is 10.3. The molecule has 0 aromatic heterocycles. The number of nitro groups is 1. The standard InChI is InChI=1S/C12H14FN3O3/c13-10-5-4-9(8-11(10)16(18)19)12(17)14-15-6-2-1-3-7-15/h4-5,8H,1-3,6-7H2,(H,14,17). The molecule has 7 heteroatoms. The minimum atomic E-state index is -0.945. The Morgan fingerprint density at radius 1 is 1.32 bits per heavy atom. The van der Waals surface area contributed by atoms with Crippen molar-refractivity contribution in [2.24, 2.45) is 0 Å². The molecule has 1 fully saturated rings. The number of nitro benzene ring substituents is 1. The van der Waals surface area contributed by atoms with Gasteiger partial charge in [-0.25, -0.2) is 5.01 Å². The molecule has 19 heavy (non-hydrogen) atoms. The molecule has 1 N–H and O–H groups in total. The number of hydrogen-bond acceptors (Lipinski definition) is 4. The number of benzene rings is 1. The number of carbonyl (C=O) groups excluding carboxylic acids is 1. The SMILES string of the molecule is O=C(NN1CCCCC1)c1ccc(F)c([N+](=O)[O-])c1. The number of piperidine rings is 1. The lowest BCUT2D eigenvalue weighted by Crippen LogP contribution is -2.45. The number of halogens is 1. The summed E-state index contributed by atoms with van der Waals surface area (Å²) >= 11 is 0. The van der Waals surface area contributed by atoms with E-state index in [-0.39, 0.29) is 5.56 Å². The molecule has 0 bridgehead atoms. The van der Waals surface area contributed by atoms with E-state index in [4.69, 9.17) is 0 Å². The van der Waals surface area contributed by atoms with Gasteiger partial charge in [0.15, 0.2) is 0 Å². The van der Waals surface area contributed by atoms with Crippen molar-refractivity contribution in [3.05, 3.63) is 39.7 Å². The number of nitrogens with one attached hydrogen (secondary N) is 1. The highest BCUT2D eigenvalue weighted by Crippen LogP contribution is 2.18. The van der Waals surface area contributed by atoms with Gasteiger partial charge >= 0.3 is 5.69 Å². The maximum atomic E-state index is 13.2. The summed E-state index contributed by atoms with van der Waals surface area (Å²) in [6.07, 6.45) is 3.14. The van der Waals surface area contributed by atoms with E-state index >= 15 is 0 Å². The highest BCUT2D eigenvalue weighted by Gasteiger charge is 2.19. The van der Waals surface area contributed by atoms with Crippen LogP contribution in [0.1, 0.15) is 29.6 Å². The molecule has 1 aromatic rings. The van der Waals surface area contributed by atoms with Crippen molar-refractivity contribution in [2.75, 3.05) is 13.1 Å². The maximum Gasteiger partial charge on any atom is 0.305 e. The zero-order valence-corrected chi connectivity index (χ0v) is 10.3. The third kappa shape index (κ3) is 3.25. The quantitative estimate of drug-likeness (QED) is 0.670. The average Bonchev–Trinajstić information content (AvgIpc) is 2.40. The predicted molar refractivity (Wildman–Crippen MR) is 65.9 cm³/mol. The van der Waals surface area contributed by atoms with E-state index in [1.807, 2.05) is 0 Å². The van der Waals surface area contributed by atoms with E-state index in [0.29, 0.717) is 0 Å². The summed E-state index contributed by atoms with van der Waals surface area (Å²) in [6, 6.07) is 3.12. The van der Waals surface area contributed by atoms with Crippen molar-refractivity contribution < 1.29 is 14.1 Å². The van der Waals surface area contributed by atoms with Crippen molar-refractivity contribution in [3.63, 3.8) is 0 Å². The summed E-state index contributed by atoms with van der Waals surface area (Å²) in [7, 11) is 0. The van der Waals surface area contributed by atoms with Gasteiger partial charge in [-0.05, 0) is 25.0 Å². The summed E-state index contributed by atoms with van der Waals surface area (Å²) < 4.78 is 13.2. The number of hydrogen-bond donors (Lipinski definition) is 1. The molecule has 1 aromatic carbocycles. The Bertz CT molecular complexity index is 501. The van der Waals surface area contributed by atoms with Crippen LogP contribution in [-0.2, 0) is 0 Å². The van der Waals surface area contributed by atoms with Crippen LogP contribution in [0.15, 0.2) is 18.2 Å². The molecule has 0 radical (unpaired) electrons. The van der Waals surface area contributed by atoms with Gasteiger partial charge in [0.1, 0.15) is 0 Å². The van der Waals surface area contributed by atoms with Gasteiger partial charge < -0.3 is 0 Å². The van der Waals surface area contributed by atoms with Crippen LogP contribution in [-0.4, -0.2) is 28.9 Å². The second kappa shape index (κ2) is 5.75. The summed E-state index contributed by atoms with van der Waals surface area (Å²) in [5, 5.41) is 12.4. The first kappa shape index (κ1) is 13.4. The van der Waals surface area contributed by atoms with E-state index in [1.54, 1.807) is 5.01 Å². The molecule has 0 spiro atoms. The first-order valence-electron chi connectivity index (χ1n) is 6.08. The van der Waals surface area contributed by atoms with Crippen LogP contribution >= 0.6 is 0 Å². The fraction of sp³-hybridized carbons (Fsp3) is 0.417. The molecular weight excluding hydrogens is 253 g/mol. The second-order valence-electron chi connectivity index (χ2n) is 4.41. The molecule has 1 aliphatic heterocycles. The number of carbonyl (C=O) groups is 1. The van der Waals surface area contributed by atoms with Gasteiger partial charge in [-0.3, -0.25) is 20.3 Å². The molecule has 1 aliphatic rings. The molecule has 0 aliphatic carbocycles. The molecule has 2 rings (SSSR count). The Labute approximate surface area is 109 Å². The molecular formula is C12H14FN3O3. The Balaban J connectivity index is 2.10. The van der Waals surface area contributed by atoms with Crippen LogP contribution in [0.2, 0.25) is 0 Å². The molecule has 0 atom stereocenters. The van der Waals surface area contributed by atoms with Gasteiger partial charge in [-0.1, -0.05) is 6.42 Å². The Morgan fingerprint density at radius 3 is 2.63 bits per heavy atom. The minimum Gasteiger partial charge on any atom is -0.285 e. The minimum absolute atomic E-state index is 0.0821. The van der Waals surface area contributed by atoms with Crippen LogP contribution in [0.5, 0.6) is 0 Å². The van der Waals surface area contributed by atoms with E-state index < -0.39 is 22.3 Å². The summed E-state index contributed by atoms with van der Waals surface area (Å²) in [4.78, 5) is 21.7. The molecule has 1 amide bonds. The number of amides is 1. The molecule has 102 valence electrons. The first-order valence-corrected chi connectivity index (χ1v) is 6.08. The van der Waals surface area contributed by atoms with Crippen LogP contribution < -0.4 is 5.43 Å². The molecule has 1 saturated heterocycles. The van der Waals surface area contributed by atoms with Gasteiger partial charge in [0.05, 0.1) is 4.92 Å². The number of rotatable bonds is 3. The average molecular weight is 267 g/mol. The monoisotopic (exact) mass is 267 g/mol. The van der Waals surface area contributed by atoms with E-state index in [2.05, 4.69) is 5.43 Å². The number of hydrazine groups is 1. The van der Waals surface area contributed by atoms with Crippen molar-refractivity contribution in [1.29, 1.82) is 0 Å². The van der Waals surface area contributed by atoms with Gasteiger partial charge in [-0.2, -0.15) is 4.39 Å². The van der Waals surface area contributed by atoms with Crippen LogP contribution in [0.3, 0.4) is 0 Å². The zero-order chi connectivity index (χ0) is 13.8. The largest absolute Gasteiger partial charge is 0.305 e. The van der Waals surface area contributed by atoms with Crippen molar-refractivity contribution in [2.45, 2.75) is 19.3 Å². The van der Waals surface area contributed by atoms with E-state index in [1.165, 1.54) is 6.07 Å². The van der Waals surface area contributed by atoms with Gasteiger partial charge in [0, 0.05) is 24.7 Å². The fourth-order valence-electron chi connectivity index (χ4n) is 2.01. The van der Waals surface area contributed by atoms with Crippen molar-refractivity contribution >= 4 is 11.6 Å². The van der Waals surface area contributed by atoms with Crippen LogP contribution in [0, 0.1) is 15.9 Å². The van der Waals surface area contributed by atoms with Crippen LogP contribution in [0.4, 0.5) is 10.1 Å². The van der Waals surface area contributed by atoms with E-state index in [0.717, 1.165) is 44.5 Å². The maximum absolute atomic E-state index is 13.2. The van der Waals surface area contributed by atoms with Gasteiger partial charge in [0.2, 0.25) is 5.82 Å². The molecule has 0 saturated carbocycles. The van der Waals surface area contributed by atoms with Crippen molar-refractivity contribution in [1.82, 2.24) is 10.4 Å². The highest BCUT2D eigenvalue weighted by atomic mass is 19.1. The highest BCUT2D eigenvalue weighted by molar-refractivity contribution is 5.94. The normalized spacial score (nSPS) is 16.1. The Kier molecular flexibility index (Phi) is 4.06. The van der Waals surface area contributed by atoms with Crippen LogP contribution in [0.25, 0.3) is 0 Å². The van der Waals surface area contributed by atoms with Gasteiger partial charge in [-0.15, -0.1) is 0 Å². The smallest absolute Gasteiger partial charge is 0.285 e. The summed E-state index contributed by atoms with van der Waals surface area (Å²) in [6.45, 7) is 1.52. The third-order valence-corrected chi connectivity index (χ3v) is 3.02. The Hall–Kier alpha value is -2.02. The molecule has 0 unspecified atom stereocenters. The lowest BCUT2D eigenvalue weighted by atomic mass is 10.1. The third-order valence-electron chi connectivity index (χ3n) is 3.02. The fourth-order valence-corrected chi connectivity index (χ4v) is 2.01. The second-order valence-corrected chi connectivity index (χ2v) is 4.41. The molecule has 1 heterocycles. The van der Waals surface area contributed by atoms with Crippen molar-refractivity contribution in [3.8, 4) is 0 Å².